The summed E-state index contributed by atoms with van der Waals surface area (Å²) in [6.45, 7) is 8.55. The molecule has 6 nitrogen and oxygen atoms in total. The van der Waals surface area contributed by atoms with Crippen LogP contribution in [0.15, 0.2) is 36.4 Å². The molecule has 0 saturated carbocycles. The van der Waals surface area contributed by atoms with E-state index in [2.05, 4.69) is 60.1 Å². The molecule has 2 fully saturated rings. The first-order chi connectivity index (χ1) is 15.9. The third-order valence-electron chi connectivity index (χ3n) is 7.32. The summed E-state index contributed by atoms with van der Waals surface area (Å²) in [5.74, 6) is 0.714. The van der Waals surface area contributed by atoms with E-state index in [0.717, 1.165) is 57.2 Å². The average Bonchev–Trinajstić information content (AvgIpc) is 3.38. The number of hydrogen-bond acceptors (Lipinski definition) is 3. The fraction of sp³-hybridized carbons (Fsp3) is 0.593. The van der Waals surface area contributed by atoms with Crippen LogP contribution in [0, 0.1) is 11.3 Å². The number of likely N-dealkylation sites (tertiary alicyclic amines) is 2. The molecule has 1 atom stereocenters. The fourth-order valence-electron chi connectivity index (χ4n) is 5.50. The zero-order chi connectivity index (χ0) is 23.4. The van der Waals surface area contributed by atoms with Gasteiger partial charge >= 0.3 is 0 Å². The van der Waals surface area contributed by atoms with Crippen LogP contribution in [-0.2, 0) is 17.6 Å². The van der Waals surface area contributed by atoms with Gasteiger partial charge in [-0.05, 0) is 56.1 Å². The van der Waals surface area contributed by atoms with Gasteiger partial charge in [0.1, 0.15) is 5.69 Å². The zero-order valence-corrected chi connectivity index (χ0v) is 20.3. The van der Waals surface area contributed by atoms with Gasteiger partial charge in [0, 0.05) is 31.4 Å². The van der Waals surface area contributed by atoms with Crippen LogP contribution >= 0.6 is 0 Å². The number of aromatic nitrogens is 2. The van der Waals surface area contributed by atoms with Gasteiger partial charge in [-0.25, -0.2) is 0 Å². The number of H-pyrrole nitrogens is 1. The Morgan fingerprint density at radius 3 is 2.61 bits per heavy atom. The van der Waals surface area contributed by atoms with Crippen molar-refractivity contribution < 1.29 is 9.59 Å². The number of rotatable bonds is 8. The SMILES string of the molecule is CCCCc1cc(C(=O)N2CCC3(CC2)C[C@H](Cc2ccccc2)N(CC(C)C)C3=O)n[nH]1. The lowest BCUT2D eigenvalue weighted by atomic mass is 9.75. The van der Waals surface area contributed by atoms with E-state index in [-0.39, 0.29) is 17.4 Å². The third kappa shape index (κ3) is 5.15. The van der Waals surface area contributed by atoms with Crippen molar-refractivity contribution >= 4 is 11.8 Å². The number of amides is 2. The number of carbonyl (C=O) groups is 2. The predicted octanol–water partition coefficient (Wildman–Crippen LogP) is 4.47. The van der Waals surface area contributed by atoms with Crippen LogP contribution < -0.4 is 0 Å². The summed E-state index contributed by atoms with van der Waals surface area (Å²) in [4.78, 5) is 30.7. The first-order valence-corrected chi connectivity index (χ1v) is 12.6. The summed E-state index contributed by atoms with van der Waals surface area (Å²) in [5, 5.41) is 7.27. The average molecular weight is 451 g/mol. The predicted molar refractivity (Wildman–Crippen MR) is 130 cm³/mol. The van der Waals surface area contributed by atoms with Crippen LogP contribution in [-0.4, -0.2) is 57.5 Å². The quantitative estimate of drug-likeness (QED) is 0.645. The number of nitrogens with zero attached hydrogens (tertiary/aromatic N) is 3. The normalized spacial score (nSPS) is 20.2. The second-order valence-electron chi connectivity index (χ2n) is 10.4. The van der Waals surface area contributed by atoms with E-state index in [4.69, 9.17) is 0 Å². The smallest absolute Gasteiger partial charge is 0.274 e. The van der Waals surface area contributed by atoms with Crippen LogP contribution in [0.5, 0.6) is 0 Å². The number of carbonyl (C=O) groups excluding carboxylic acids is 2. The van der Waals surface area contributed by atoms with Crippen LogP contribution in [0.25, 0.3) is 0 Å². The first kappa shape index (κ1) is 23.5. The summed E-state index contributed by atoms with van der Waals surface area (Å²) in [5.41, 5.74) is 2.47. The number of benzene rings is 1. The highest BCUT2D eigenvalue weighted by molar-refractivity contribution is 5.93. The van der Waals surface area contributed by atoms with Gasteiger partial charge in [0.05, 0.1) is 5.41 Å². The molecule has 1 aromatic carbocycles. The van der Waals surface area contributed by atoms with Crippen molar-refractivity contribution in [3.63, 3.8) is 0 Å². The molecule has 1 aromatic heterocycles. The lowest BCUT2D eigenvalue weighted by Gasteiger charge is -2.37. The molecule has 3 heterocycles. The zero-order valence-electron chi connectivity index (χ0n) is 20.3. The largest absolute Gasteiger partial charge is 0.339 e. The van der Waals surface area contributed by atoms with Crippen LogP contribution in [0.3, 0.4) is 0 Å². The molecule has 0 bridgehead atoms. The van der Waals surface area contributed by atoms with E-state index < -0.39 is 0 Å². The molecule has 0 radical (unpaired) electrons. The maximum absolute atomic E-state index is 13.7. The number of piperidine rings is 1. The molecule has 1 N–H and O–H groups in total. The van der Waals surface area contributed by atoms with E-state index in [0.29, 0.717) is 30.6 Å². The van der Waals surface area contributed by atoms with Crippen molar-refractivity contribution in [2.75, 3.05) is 19.6 Å². The van der Waals surface area contributed by atoms with Gasteiger partial charge in [0.2, 0.25) is 5.91 Å². The Bertz CT molecular complexity index is 944. The number of aromatic amines is 1. The number of hydrogen-bond donors (Lipinski definition) is 1. The Morgan fingerprint density at radius 2 is 1.94 bits per heavy atom. The fourth-order valence-corrected chi connectivity index (χ4v) is 5.50. The molecule has 6 heteroatoms. The molecule has 2 aliphatic heterocycles. The van der Waals surface area contributed by atoms with Gasteiger partial charge in [-0.3, -0.25) is 14.7 Å². The highest BCUT2D eigenvalue weighted by Gasteiger charge is 2.52. The lowest BCUT2D eigenvalue weighted by Crippen LogP contribution is -2.47. The highest BCUT2D eigenvalue weighted by atomic mass is 16.2. The topological polar surface area (TPSA) is 69.3 Å². The number of aryl methyl sites for hydroxylation is 1. The Hall–Kier alpha value is -2.63. The second kappa shape index (κ2) is 10.1. The molecule has 0 aliphatic carbocycles. The molecule has 4 rings (SSSR count). The van der Waals surface area contributed by atoms with Crippen molar-refractivity contribution in [2.24, 2.45) is 11.3 Å². The van der Waals surface area contributed by atoms with Crippen molar-refractivity contribution in [1.82, 2.24) is 20.0 Å². The Kier molecular flexibility index (Phi) is 7.20. The van der Waals surface area contributed by atoms with Gasteiger partial charge < -0.3 is 9.80 Å². The van der Waals surface area contributed by atoms with Crippen molar-refractivity contribution in [3.05, 3.63) is 53.3 Å². The minimum Gasteiger partial charge on any atom is -0.339 e. The van der Waals surface area contributed by atoms with Crippen LogP contribution in [0.1, 0.15) is 74.6 Å². The lowest BCUT2D eigenvalue weighted by molar-refractivity contribution is -0.139. The van der Waals surface area contributed by atoms with Gasteiger partial charge in [0.15, 0.2) is 0 Å². The first-order valence-electron chi connectivity index (χ1n) is 12.6. The maximum Gasteiger partial charge on any atom is 0.274 e. The van der Waals surface area contributed by atoms with E-state index in [1.54, 1.807) is 0 Å². The molecule has 2 aliphatic rings. The summed E-state index contributed by atoms with van der Waals surface area (Å²) >= 11 is 0. The summed E-state index contributed by atoms with van der Waals surface area (Å²) in [7, 11) is 0. The number of unbranched alkanes of at least 4 members (excludes halogenated alkanes) is 1. The maximum atomic E-state index is 13.7. The van der Waals surface area contributed by atoms with Gasteiger partial charge in [-0.1, -0.05) is 57.5 Å². The van der Waals surface area contributed by atoms with E-state index >= 15 is 0 Å². The van der Waals surface area contributed by atoms with Crippen molar-refractivity contribution in [3.8, 4) is 0 Å². The Morgan fingerprint density at radius 1 is 1.21 bits per heavy atom. The summed E-state index contributed by atoms with van der Waals surface area (Å²) in [6.07, 6.45) is 6.39. The van der Waals surface area contributed by atoms with Gasteiger partial charge in [-0.2, -0.15) is 5.10 Å². The molecule has 178 valence electrons. The molecule has 1 spiro atoms. The molecule has 2 saturated heterocycles. The molecule has 33 heavy (non-hydrogen) atoms. The second-order valence-corrected chi connectivity index (χ2v) is 10.4. The van der Waals surface area contributed by atoms with Crippen molar-refractivity contribution in [1.29, 1.82) is 0 Å². The van der Waals surface area contributed by atoms with Crippen molar-refractivity contribution in [2.45, 2.75) is 71.8 Å². The monoisotopic (exact) mass is 450 g/mol. The highest BCUT2D eigenvalue weighted by Crippen LogP contribution is 2.45. The van der Waals surface area contributed by atoms with E-state index in [1.807, 2.05) is 17.0 Å². The van der Waals surface area contributed by atoms with Crippen LogP contribution in [0.2, 0.25) is 0 Å². The van der Waals surface area contributed by atoms with Crippen LogP contribution in [0.4, 0.5) is 0 Å². The van der Waals surface area contributed by atoms with E-state index in [1.165, 1.54) is 5.56 Å². The Labute approximate surface area is 197 Å². The van der Waals surface area contributed by atoms with Gasteiger partial charge in [0.25, 0.3) is 5.91 Å². The summed E-state index contributed by atoms with van der Waals surface area (Å²) < 4.78 is 0. The molecule has 0 unspecified atom stereocenters. The third-order valence-corrected chi connectivity index (χ3v) is 7.32. The number of nitrogens with one attached hydrogen (secondary N) is 1. The van der Waals surface area contributed by atoms with E-state index in [9.17, 15) is 9.59 Å². The molecular formula is C27H38N4O2. The standard InChI is InChI=1S/C27H38N4O2/c1-4-5-11-22-17-24(29-28-22)25(32)30-14-12-27(13-15-30)18-23(16-21-9-7-6-8-10-21)31(26(27)33)19-20(2)3/h6-10,17,20,23H,4-5,11-16,18-19H2,1-3H3,(H,28,29)/t23-/m0/s1. The minimum absolute atomic E-state index is 0.0193. The minimum atomic E-state index is -0.330. The molecular weight excluding hydrogens is 412 g/mol. The molecule has 2 amide bonds. The van der Waals surface area contributed by atoms with Gasteiger partial charge in [-0.15, -0.1) is 0 Å². The summed E-state index contributed by atoms with van der Waals surface area (Å²) in [6, 6.07) is 12.6. The molecule has 2 aromatic rings. The Balaban J connectivity index is 1.43.